The molecule has 7 heteroatoms. The Balaban J connectivity index is 1.81. The van der Waals surface area contributed by atoms with Gasteiger partial charge in [0.05, 0.1) is 36.2 Å². The van der Waals surface area contributed by atoms with Gasteiger partial charge in [0, 0.05) is 19.3 Å². The van der Waals surface area contributed by atoms with Crippen LogP contribution in [0, 0.1) is 0 Å². The van der Waals surface area contributed by atoms with Crippen molar-refractivity contribution in [2.45, 2.75) is 26.4 Å². The molecule has 0 aromatic carbocycles. The van der Waals surface area contributed by atoms with Crippen molar-refractivity contribution in [3.05, 3.63) is 42.0 Å². The van der Waals surface area contributed by atoms with Crippen LogP contribution in [-0.4, -0.2) is 61.9 Å². The maximum Gasteiger partial charge on any atom is 0.255 e. The highest BCUT2D eigenvalue weighted by atomic mass is 16.2. The lowest BCUT2D eigenvalue weighted by molar-refractivity contribution is 0.0642. The molecule has 7 nitrogen and oxygen atoms in total. The first-order chi connectivity index (χ1) is 11.2. The topological polar surface area (TPSA) is 67.2 Å². The summed E-state index contributed by atoms with van der Waals surface area (Å²) in [5.74, 6) is -0.00287. The summed E-state index contributed by atoms with van der Waals surface area (Å²) in [5.41, 5.74) is 1.65. The number of hydrogen-bond acceptors (Lipinski definition) is 5. The third kappa shape index (κ3) is 3.24. The van der Waals surface area contributed by atoms with E-state index in [1.165, 1.54) is 6.20 Å². The van der Waals surface area contributed by atoms with E-state index in [-0.39, 0.29) is 11.9 Å². The molecule has 0 saturated carbocycles. The molecule has 0 bridgehead atoms. The van der Waals surface area contributed by atoms with E-state index in [4.69, 9.17) is 0 Å². The molecular formula is C16H22N6O. The zero-order valence-electron chi connectivity index (χ0n) is 13.6. The summed E-state index contributed by atoms with van der Waals surface area (Å²) in [6.45, 7) is 8.42. The highest BCUT2D eigenvalue weighted by Gasteiger charge is 2.29. The second-order valence-electron chi connectivity index (χ2n) is 5.72. The van der Waals surface area contributed by atoms with Gasteiger partial charge in [-0.2, -0.15) is 15.3 Å². The van der Waals surface area contributed by atoms with Crippen molar-refractivity contribution in [1.29, 1.82) is 0 Å². The van der Waals surface area contributed by atoms with E-state index in [0.29, 0.717) is 18.7 Å². The van der Waals surface area contributed by atoms with E-state index in [2.05, 4.69) is 38.7 Å². The highest BCUT2D eigenvalue weighted by molar-refractivity contribution is 5.93. The number of carbonyl (C=O) groups excluding carboxylic acids is 1. The average Bonchev–Trinajstić information content (AvgIpc) is 3.08. The monoisotopic (exact) mass is 314 g/mol. The minimum atomic E-state index is -0.00287. The fourth-order valence-corrected chi connectivity index (χ4v) is 3.06. The largest absolute Gasteiger partial charge is 0.331 e. The number of likely N-dealkylation sites (N-methyl/N-ethyl adjacent to an activating group) is 1. The van der Waals surface area contributed by atoms with Gasteiger partial charge >= 0.3 is 0 Å². The van der Waals surface area contributed by atoms with Crippen LogP contribution in [0.25, 0.3) is 0 Å². The van der Waals surface area contributed by atoms with Crippen LogP contribution >= 0.6 is 0 Å². The van der Waals surface area contributed by atoms with Gasteiger partial charge in [-0.1, -0.05) is 13.8 Å². The zero-order chi connectivity index (χ0) is 16.2. The van der Waals surface area contributed by atoms with Crippen LogP contribution in [-0.2, 0) is 6.54 Å². The number of amides is 1. The molecule has 1 unspecified atom stereocenters. The molecule has 23 heavy (non-hydrogen) atoms. The van der Waals surface area contributed by atoms with Crippen LogP contribution in [0.4, 0.5) is 0 Å². The fraction of sp³-hybridized carbons (Fsp3) is 0.500. The zero-order valence-corrected chi connectivity index (χ0v) is 13.6. The normalized spacial score (nSPS) is 17.3. The molecule has 1 aliphatic heterocycles. The van der Waals surface area contributed by atoms with E-state index in [1.807, 2.05) is 17.2 Å². The molecule has 2 aromatic rings. The number of aromatic nitrogens is 4. The maximum absolute atomic E-state index is 12.7. The minimum Gasteiger partial charge on any atom is -0.331 e. The van der Waals surface area contributed by atoms with Crippen LogP contribution in [0.1, 0.15) is 35.9 Å². The van der Waals surface area contributed by atoms with Gasteiger partial charge in [0.2, 0.25) is 0 Å². The molecule has 2 aromatic heterocycles. The second-order valence-corrected chi connectivity index (χ2v) is 5.72. The predicted molar refractivity (Wildman–Crippen MR) is 85.8 cm³/mol. The van der Waals surface area contributed by atoms with Gasteiger partial charge in [0.15, 0.2) is 0 Å². The lowest BCUT2D eigenvalue weighted by Gasteiger charge is -2.36. The van der Waals surface area contributed by atoms with E-state index in [0.717, 1.165) is 25.3 Å². The van der Waals surface area contributed by atoms with Crippen LogP contribution in [0.3, 0.4) is 0 Å². The van der Waals surface area contributed by atoms with Gasteiger partial charge in [-0.3, -0.25) is 9.48 Å². The summed E-state index contributed by atoms with van der Waals surface area (Å²) in [6, 6.07) is 3.87. The number of nitrogens with zero attached hydrogens (tertiary/aromatic N) is 6. The standard InChI is InChI=1S/C16H22N6O/c1-3-20(4-2)10-15-12-21(11-14-6-8-19-22(14)15)16(23)13-5-7-17-18-9-13/h5-9,15H,3-4,10-12H2,1-2H3. The highest BCUT2D eigenvalue weighted by Crippen LogP contribution is 2.22. The molecule has 0 N–H and O–H groups in total. The van der Waals surface area contributed by atoms with Crippen molar-refractivity contribution in [3.8, 4) is 0 Å². The van der Waals surface area contributed by atoms with E-state index in [1.54, 1.807) is 12.3 Å². The van der Waals surface area contributed by atoms with Crippen molar-refractivity contribution in [2.24, 2.45) is 0 Å². The SMILES string of the molecule is CCN(CC)CC1CN(C(=O)c2ccnnc2)Cc2ccnn21. The second kappa shape index (κ2) is 6.87. The van der Waals surface area contributed by atoms with Crippen molar-refractivity contribution < 1.29 is 4.79 Å². The molecule has 3 heterocycles. The van der Waals surface area contributed by atoms with Crippen molar-refractivity contribution in [2.75, 3.05) is 26.2 Å². The molecular weight excluding hydrogens is 292 g/mol. The number of hydrogen-bond donors (Lipinski definition) is 0. The van der Waals surface area contributed by atoms with Crippen molar-refractivity contribution in [1.82, 2.24) is 29.8 Å². The molecule has 0 radical (unpaired) electrons. The number of carbonyl (C=O) groups is 1. The Kier molecular flexibility index (Phi) is 4.66. The molecule has 0 aliphatic carbocycles. The molecule has 1 atom stereocenters. The molecule has 122 valence electrons. The summed E-state index contributed by atoms with van der Waals surface area (Å²) in [7, 11) is 0. The summed E-state index contributed by atoms with van der Waals surface area (Å²) >= 11 is 0. The molecule has 0 saturated heterocycles. The molecule has 3 rings (SSSR count). The van der Waals surface area contributed by atoms with Crippen LogP contribution < -0.4 is 0 Å². The fourth-order valence-electron chi connectivity index (χ4n) is 3.06. The average molecular weight is 314 g/mol. The van der Waals surface area contributed by atoms with E-state index in [9.17, 15) is 4.79 Å². The molecule has 1 aliphatic rings. The van der Waals surface area contributed by atoms with Gasteiger partial charge in [-0.25, -0.2) is 0 Å². The third-order valence-electron chi connectivity index (χ3n) is 4.36. The Bertz CT molecular complexity index is 652. The Morgan fingerprint density at radius 1 is 1.26 bits per heavy atom. The number of rotatable bonds is 5. The summed E-state index contributed by atoms with van der Waals surface area (Å²) in [5, 5.41) is 12.0. The lowest BCUT2D eigenvalue weighted by Crippen LogP contribution is -2.45. The Hall–Kier alpha value is -2.28. The first-order valence-corrected chi connectivity index (χ1v) is 8.03. The van der Waals surface area contributed by atoms with Gasteiger partial charge < -0.3 is 9.80 Å². The first kappa shape index (κ1) is 15.6. The van der Waals surface area contributed by atoms with Gasteiger partial charge in [-0.15, -0.1) is 0 Å². The quantitative estimate of drug-likeness (QED) is 0.830. The number of fused-ring (bicyclic) bond motifs is 1. The van der Waals surface area contributed by atoms with E-state index >= 15 is 0 Å². The predicted octanol–water partition coefficient (Wildman–Crippen LogP) is 1.21. The van der Waals surface area contributed by atoms with Gasteiger partial charge in [0.25, 0.3) is 5.91 Å². The first-order valence-electron chi connectivity index (χ1n) is 8.03. The molecule has 1 amide bonds. The van der Waals surface area contributed by atoms with Crippen LogP contribution in [0.15, 0.2) is 30.7 Å². The van der Waals surface area contributed by atoms with Crippen molar-refractivity contribution in [3.63, 3.8) is 0 Å². The van der Waals surface area contributed by atoms with Crippen LogP contribution in [0.2, 0.25) is 0 Å². The smallest absolute Gasteiger partial charge is 0.255 e. The van der Waals surface area contributed by atoms with Crippen molar-refractivity contribution >= 4 is 5.91 Å². The summed E-state index contributed by atoms with van der Waals surface area (Å²) < 4.78 is 2.06. The van der Waals surface area contributed by atoms with E-state index < -0.39 is 0 Å². The molecule has 0 spiro atoms. The maximum atomic E-state index is 12.7. The molecule has 0 fully saturated rings. The minimum absolute atomic E-state index is 0.00287. The Labute approximate surface area is 135 Å². The lowest BCUT2D eigenvalue weighted by atomic mass is 10.1. The Morgan fingerprint density at radius 3 is 2.78 bits per heavy atom. The third-order valence-corrected chi connectivity index (χ3v) is 4.36. The van der Waals surface area contributed by atoms with Crippen LogP contribution in [0.5, 0.6) is 0 Å². The van der Waals surface area contributed by atoms with Gasteiger partial charge in [0.1, 0.15) is 0 Å². The Morgan fingerprint density at radius 2 is 2.09 bits per heavy atom. The summed E-state index contributed by atoms with van der Waals surface area (Å²) in [6.07, 6.45) is 4.88. The van der Waals surface area contributed by atoms with Gasteiger partial charge in [-0.05, 0) is 25.2 Å². The summed E-state index contributed by atoms with van der Waals surface area (Å²) in [4.78, 5) is 17.0.